The Bertz CT molecular complexity index is 1040. The summed E-state index contributed by atoms with van der Waals surface area (Å²) in [5, 5.41) is 12.1. The number of nitrogens with zero attached hydrogens (tertiary/aromatic N) is 4. The molecule has 1 atom stereocenters. The number of benzene rings is 1. The fourth-order valence-corrected chi connectivity index (χ4v) is 2.84. The van der Waals surface area contributed by atoms with E-state index in [0.717, 1.165) is 27.9 Å². The van der Waals surface area contributed by atoms with Crippen molar-refractivity contribution >= 4 is 11.1 Å². The third kappa shape index (κ3) is 2.97. The minimum Gasteiger partial charge on any atom is -0.335 e. The van der Waals surface area contributed by atoms with Gasteiger partial charge in [-0.25, -0.2) is 4.98 Å². The second kappa shape index (κ2) is 6.68. The lowest BCUT2D eigenvalue weighted by Gasteiger charge is -2.05. The largest absolute Gasteiger partial charge is 0.335 e. The molecule has 0 saturated heterocycles. The molecule has 0 aliphatic carbocycles. The van der Waals surface area contributed by atoms with Crippen LogP contribution in [-0.4, -0.2) is 33.4 Å². The summed E-state index contributed by atoms with van der Waals surface area (Å²) in [7, 11) is 1.91. The second-order valence-corrected chi connectivity index (χ2v) is 6.28. The Kier molecular flexibility index (Phi) is 4.22. The molecule has 0 aliphatic heterocycles. The van der Waals surface area contributed by atoms with Gasteiger partial charge in [-0.2, -0.15) is 4.98 Å². The summed E-state index contributed by atoms with van der Waals surface area (Å²) in [6.07, 6.45) is 0.683. The summed E-state index contributed by atoms with van der Waals surface area (Å²) < 4.78 is 10.9. The quantitative estimate of drug-likeness (QED) is 0.590. The minimum atomic E-state index is 0.259. The predicted octanol–water partition coefficient (Wildman–Crippen LogP) is 3.40. The molecule has 1 unspecified atom stereocenters. The van der Waals surface area contributed by atoms with E-state index in [2.05, 4.69) is 32.5 Å². The van der Waals surface area contributed by atoms with E-state index < -0.39 is 0 Å². The first kappa shape index (κ1) is 16.4. The third-order valence-electron chi connectivity index (χ3n) is 4.37. The van der Waals surface area contributed by atoms with Crippen molar-refractivity contribution in [3.8, 4) is 22.7 Å². The van der Waals surface area contributed by atoms with Gasteiger partial charge in [-0.05, 0) is 27.0 Å². The van der Waals surface area contributed by atoms with Crippen molar-refractivity contribution in [2.45, 2.75) is 26.3 Å². The average Bonchev–Trinajstić information content (AvgIpc) is 3.29. The maximum absolute atomic E-state index is 5.53. The number of nitrogens with one attached hydrogen (secondary N) is 1. The monoisotopic (exact) mass is 349 g/mol. The van der Waals surface area contributed by atoms with Crippen LogP contribution in [0, 0.1) is 6.92 Å². The van der Waals surface area contributed by atoms with E-state index >= 15 is 0 Å². The van der Waals surface area contributed by atoms with E-state index in [0.29, 0.717) is 23.8 Å². The third-order valence-corrected chi connectivity index (χ3v) is 4.37. The van der Waals surface area contributed by atoms with Gasteiger partial charge in [0.1, 0.15) is 0 Å². The summed E-state index contributed by atoms with van der Waals surface area (Å²) in [5.74, 6) is 1.10. The van der Waals surface area contributed by atoms with Gasteiger partial charge in [0.2, 0.25) is 0 Å². The number of pyridine rings is 1. The minimum absolute atomic E-state index is 0.259. The SMILES string of the molecule is CNC(C)Cc1noc(-c2cc(-c3ccccc3)nc3onc(C)c23)n1. The molecule has 0 amide bonds. The van der Waals surface area contributed by atoms with Crippen LogP contribution in [0.3, 0.4) is 0 Å². The van der Waals surface area contributed by atoms with Gasteiger partial charge < -0.3 is 14.4 Å². The first-order valence-electron chi connectivity index (χ1n) is 8.48. The molecule has 0 bridgehead atoms. The fourth-order valence-electron chi connectivity index (χ4n) is 2.84. The van der Waals surface area contributed by atoms with Gasteiger partial charge in [0.05, 0.1) is 22.3 Å². The van der Waals surface area contributed by atoms with Crippen LogP contribution in [0.5, 0.6) is 0 Å². The molecule has 7 heteroatoms. The highest BCUT2D eigenvalue weighted by Gasteiger charge is 2.20. The van der Waals surface area contributed by atoms with Gasteiger partial charge in [0.15, 0.2) is 5.82 Å². The zero-order valence-corrected chi connectivity index (χ0v) is 14.9. The molecular formula is C19H19N5O2. The number of likely N-dealkylation sites (N-methyl/N-ethyl adjacent to an activating group) is 1. The average molecular weight is 349 g/mol. The molecular weight excluding hydrogens is 330 g/mol. The molecule has 4 aromatic rings. The molecule has 3 heterocycles. The highest BCUT2D eigenvalue weighted by Crippen LogP contribution is 2.33. The number of hydrogen-bond acceptors (Lipinski definition) is 7. The number of rotatable bonds is 5. The van der Waals surface area contributed by atoms with Crippen molar-refractivity contribution in [3.63, 3.8) is 0 Å². The molecule has 0 radical (unpaired) electrons. The molecule has 7 nitrogen and oxygen atoms in total. The lowest BCUT2D eigenvalue weighted by molar-refractivity contribution is 0.418. The van der Waals surface area contributed by atoms with E-state index in [1.54, 1.807) is 0 Å². The molecule has 1 aromatic carbocycles. The van der Waals surface area contributed by atoms with Gasteiger partial charge in [0.25, 0.3) is 11.6 Å². The Morgan fingerprint density at radius 2 is 1.88 bits per heavy atom. The van der Waals surface area contributed by atoms with Crippen molar-refractivity contribution in [1.82, 2.24) is 25.6 Å². The fraction of sp³-hybridized carbons (Fsp3) is 0.263. The van der Waals surface area contributed by atoms with Crippen LogP contribution in [0.2, 0.25) is 0 Å². The second-order valence-electron chi connectivity index (χ2n) is 6.28. The number of aromatic nitrogens is 4. The summed E-state index contributed by atoms with van der Waals surface area (Å²) in [6, 6.07) is 12.1. The van der Waals surface area contributed by atoms with Crippen LogP contribution < -0.4 is 5.32 Å². The summed E-state index contributed by atoms with van der Waals surface area (Å²) in [4.78, 5) is 9.15. The molecule has 0 aliphatic rings. The standard InChI is InChI=1S/C19H19N5O2/c1-11(20-3)9-16-22-18(25-24-16)14-10-15(13-7-5-4-6-8-13)21-19-17(14)12(2)23-26-19/h4-8,10-11,20H,9H2,1-3H3. The van der Waals surface area contributed by atoms with Gasteiger partial charge in [-0.1, -0.05) is 40.6 Å². The number of aryl methyl sites for hydroxylation is 1. The lowest BCUT2D eigenvalue weighted by atomic mass is 10.1. The lowest BCUT2D eigenvalue weighted by Crippen LogP contribution is -2.24. The van der Waals surface area contributed by atoms with Gasteiger partial charge in [0, 0.05) is 18.0 Å². The van der Waals surface area contributed by atoms with Gasteiger partial charge in [-0.3, -0.25) is 0 Å². The maximum atomic E-state index is 5.53. The summed E-state index contributed by atoms with van der Waals surface area (Å²) >= 11 is 0. The van der Waals surface area contributed by atoms with E-state index in [1.807, 2.05) is 50.4 Å². The molecule has 3 aromatic heterocycles. The normalized spacial score (nSPS) is 12.6. The van der Waals surface area contributed by atoms with Gasteiger partial charge in [-0.15, -0.1) is 0 Å². The molecule has 0 fully saturated rings. The zero-order chi connectivity index (χ0) is 18.1. The summed E-state index contributed by atoms with van der Waals surface area (Å²) in [6.45, 7) is 3.94. The predicted molar refractivity (Wildman–Crippen MR) is 97.5 cm³/mol. The molecule has 0 spiro atoms. The highest BCUT2D eigenvalue weighted by molar-refractivity contribution is 5.93. The van der Waals surface area contributed by atoms with E-state index in [9.17, 15) is 0 Å². The molecule has 4 rings (SSSR count). The van der Waals surface area contributed by atoms with E-state index in [4.69, 9.17) is 9.05 Å². The zero-order valence-electron chi connectivity index (χ0n) is 14.9. The first-order valence-corrected chi connectivity index (χ1v) is 8.48. The maximum Gasteiger partial charge on any atom is 0.259 e. The number of fused-ring (bicyclic) bond motifs is 1. The van der Waals surface area contributed by atoms with Crippen molar-refractivity contribution in [2.24, 2.45) is 0 Å². The van der Waals surface area contributed by atoms with E-state index in [1.165, 1.54) is 0 Å². The topological polar surface area (TPSA) is 89.9 Å². The van der Waals surface area contributed by atoms with Crippen molar-refractivity contribution < 1.29 is 9.05 Å². The smallest absolute Gasteiger partial charge is 0.259 e. The Balaban J connectivity index is 1.84. The van der Waals surface area contributed by atoms with Crippen LogP contribution in [0.1, 0.15) is 18.4 Å². The molecule has 0 saturated carbocycles. The Hall–Kier alpha value is -3.06. The Morgan fingerprint density at radius 3 is 2.65 bits per heavy atom. The number of hydrogen-bond donors (Lipinski definition) is 1. The molecule has 1 N–H and O–H groups in total. The highest BCUT2D eigenvalue weighted by atomic mass is 16.5. The molecule has 26 heavy (non-hydrogen) atoms. The van der Waals surface area contributed by atoms with Crippen LogP contribution in [0.25, 0.3) is 33.8 Å². The van der Waals surface area contributed by atoms with Crippen LogP contribution in [0.4, 0.5) is 0 Å². The Labute approximate surface area is 150 Å². The van der Waals surface area contributed by atoms with Crippen molar-refractivity contribution in [3.05, 3.63) is 47.9 Å². The Morgan fingerprint density at radius 1 is 1.08 bits per heavy atom. The van der Waals surface area contributed by atoms with Crippen LogP contribution in [-0.2, 0) is 6.42 Å². The van der Waals surface area contributed by atoms with E-state index in [-0.39, 0.29) is 6.04 Å². The van der Waals surface area contributed by atoms with Crippen LogP contribution in [0.15, 0.2) is 45.4 Å². The van der Waals surface area contributed by atoms with Crippen molar-refractivity contribution in [2.75, 3.05) is 7.05 Å². The van der Waals surface area contributed by atoms with Gasteiger partial charge >= 0.3 is 0 Å². The van der Waals surface area contributed by atoms with Crippen LogP contribution >= 0.6 is 0 Å². The first-order chi connectivity index (χ1) is 12.7. The summed E-state index contributed by atoms with van der Waals surface area (Å²) in [5.41, 5.74) is 3.73. The molecule has 132 valence electrons. The van der Waals surface area contributed by atoms with Crippen molar-refractivity contribution in [1.29, 1.82) is 0 Å².